The van der Waals surface area contributed by atoms with Crippen molar-refractivity contribution in [3.8, 4) is 17.2 Å². The van der Waals surface area contributed by atoms with Gasteiger partial charge in [-0.2, -0.15) is 0 Å². The Hall–Kier alpha value is -1.95. The molecule has 0 aromatic heterocycles. The van der Waals surface area contributed by atoms with Gasteiger partial charge in [0.1, 0.15) is 5.75 Å². The summed E-state index contributed by atoms with van der Waals surface area (Å²) in [7, 11) is 4.74. The first-order chi connectivity index (χ1) is 11.1. The van der Waals surface area contributed by atoms with Crippen molar-refractivity contribution < 1.29 is 19.0 Å². The quantitative estimate of drug-likeness (QED) is 0.800. The fourth-order valence-electron chi connectivity index (χ4n) is 3.17. The maximum Gasteiger partial charge on any atom is 0.227 e. The molecular weight excluding hydrogens is 296 g/mol. The molecule has 1 aromatic carbocycles. The van der Waals surface area contributed by atoms with Gasteiger partial charge in [-0.1, -0.05) is 12.8 Å². The van der Waals surface area contributed by atoms with Crippen LogP contribution in [0.1, 0.15) is 31.2 Å². The van der Waals surface area contributed by atoms with Crippen LogP contribution in [0.3, 0.4) is 0 Å². The van der Waals surface area contributed by atoms with E-state index in [9.17, 15) is 4.79 Å². The first-order valence-electron chi connectivity index (χ1n) is 7.87. The molecule has 0 radical (unpaired) electrons. The zero-order valence-corrected chi connectivity index (χ0v) is 14.1. The zero-order valence-electron chi connectivity index (χ0n) is 14.1. The van der Waals surface area contributed by atoms with E-state index in [4.69, 9.17) is 19.9 Å². The van der Waals surface area contributed by atoms with Gasteiger partial charge < -0.3 is 25.3 Å². The number of ether oxygens (including phenoxy) is 3. The molecule has 1 aromatic rings. The van der Waals surface area contributed by atoms with E-state index < -0.39 is 5.41 Å². The number of hydrogen-bond donors (Lipinski definition) is 2. The first-order valence-corrected chi connectivity index (χ1v) is 7.87. The molecule has 2 rings (SSSR count). The van der Waals surface area contributed by atoms with E-state index in [-0.39, 0.29) is 5.91 Å². The lowest BCUT2D eigenvalue weighted by atomic mass is 9.85. The summed E-state index contributed by atoms with van der Waals surface area (Å²) in [5, 5.41) is 3.00. The second-order valence-electron chi connectivity index (χ2n) is 5.89. The molecule has 0 atom stereocenters. The van der Waals surface area contributed by atoms with Gasteiger partial charge in [-0.25, -0.2) is 0 Å². The van der Waals surface area contributed by atoms with E-state index in [2.05, 4.69) is 5.32 Å². The molecule has 0 bridgehead atoms. The van der Waals surface area contributed by atoms with Crippen LogP contribution in [0.15, 0.2) is 12.1 Å². The maximum atomic E-state index is 12.6. The largest absolute Gasteiger partial charge is 0.496 e. The lowest BCUT2D eigenvalue weighted by molar-refractivity contribution is -0.130. The number of methoxy groups -OCH3 is 3. The highest BCUT2D eigenvalue weighted by Gasteiger charge is 2.39. The molecule has 6 nitrogen and oxygen atoms in total. The monoisotopic (exact) mass is 322 g/mol. The Morgan fingerprint density at radius 3 is 2.17 bits per heavy atom. The van der Waals surface area contributed by atoms with Crippen LogP contribution < -0.4 is 25.3 Å². The summed E-state index contributed by atoms with van der Waals surface area (Å²) >= 11 is 0. The van der Waals surface area contributed by atoms with E-state index in [0.717, 1.165) is 31.2 Å². The highest BCUT2D eigenvalue weighted by molar-refractivity contribution is 5.83. The highest BCUT2D eigenvalue weighted by atomic mass is 16.5. The lowest BCUT2D eigenvalue weighted by Gasteiger charge is -2.26. The van der Waals surface area contributed by atoms with E-state index in [0.29, 0.717) is 30.3 Å². The number of benzene rings is 1. The molecule has 1 fully saturated rings. The molecule has 0 spiro atoms. The number of amides is 1. The number of carbonyl (C=O) groups is 1. The van der Waals surface area contributed by atoms with Crippen LogP contribution >= 0.6 is 0 Å². The summed E-state index contributed by atoms with van der Waals surface area (Å²) in [6, 6.07) is 3.58. The van der Waals surface area contributed by atoms with Gasteiger partial charge >= 0.3 is 0 Å². The van der Waals surface area contributed by atoms with Crippen molar-refractivity contribution in [3.05, 3.63) is 17.7 Å². The summed E-state index contributed by atoms with van der Waals surface area (Å²) in [5.74, 6) is 1.87. The number of nitrogens with two attached hydrogens (primary N) is 1. The smallest absolute Gasteiger partial charge is 0.227 e. The SMILES string of the molecule is COc1cc(OC)c(OC)cc1CNC(=O)C1(CN)CCCC1. The number of carbonyl (C=O) groups excluding carboxylic acids is 1. The van der Waals surface area contributed by atoms with E-state index in [1.54, 1.807) is 27.4 Å². The van der Waals surface area contributed by atoms with Crippen molar-refractivity contribution >= 4 is 5.91 Å². The molecule has 1 saturated carbocycles. The van der Waals surface area contributed by atoms with Gasteiger partial charge in [0.05, 0.1) is 26.7 Å². The van der Waals surface area contributed by atoms with Crippen molar-refractivity contribution in [1.82, 2.24) is 5.32 Å². The lowest BCUT2D eigenvalue weighted by Crippen LogP contribution is -2.43. The molecule has 1 aliphatic carbocycles. The van der Waals surface area contributed by atoms with Gasteiger partial charge in [0.25, 0.3) is 0 Å². The van der Waals surface area contributed by atoms with Crippen molar-refractivity contribution in [3.63, 3.8) is 0 Å². The van der Waals surface area contributed by atoms with Crippen LogP contribution in [-0.4, -0.2) is 33.8 Å². The third-order valence-corrected chi connectivity index (χ3v) is 4.66. The molecule has 0 saturated heterocycles. The van der Waals surface area contributed by atoms with Crippen LogP contribution in [0.5, 0.6) is 17.2 Å². The van der Waals surface area contributed by atoms with E-state index in [1.165, 1.54) is 0 Å². The molecule has 0 unspecified atom stereocenters. The topological polar surface area (TPSA) is 82.8 Å². The van der Waals surface area contributed by atoms with E-state index in [1.807, 2.05) is 6.07 Å². The van der Waals surface area contributed by atoms with Crippen LogP contribution in [0.25, 0.3) is 0 Å². The van der Waals surface area contributed by atoms with Gasteiger partial charge in [0.15, 0.2) is 11.5 Å². The predicted octanol–water partition coefficient (Wildman–Crippen LogP) is 1.85. The molecule has 6 heteroatoms. The fraction of sp³-hybridized carbons (Fsp3) is 0.588. The molecular formula is C17H26N2O4. The minimum Gasteiger partial charge on any atom is -0.496 e. The zero-order chi connectivity index (χ0) is 16.9. The standard InChI is InChI=1S/C17H26N2O4/c1-21-13-9-15(23-3)14(22-2)8-12(13)10-19-16(20)17(11-18)6-4-5-7-17/h8-9H,4-7,10-11,18H2,1-3H3,(H,19,20). The van der Waals surface area contributed by atoms with E-state index >= 15 is 0 Å². The Morgan fingerprint density at radius 1 is 1.09 bits per heavy atom. The molecule has 0 heterocycles. The Morgan fingerprint density at radius 2 is 1.65 bits per heavy atom. The van der Waals surface area contributed by atoms with Crippen molar-refractivity contribution in [2.45, 2.75) is 32.2 Å². The minimum absolute atomic E-state index is 0.0225. The van der Waals surface area contributed by atoms with Crippen LogP contribution in [0.2, 0.25) is 0 Å². The Bertz CT molecular complexity index is 554. The third kappa shape index (κ3) is 3.52. The Balaban J connectivity index is 2.14. The summed E-state index contributed by atoms with van der Waals surface area (Å²) in [6.45, 7) is 0.756. The minimum atomic E-state index is -0.413. The van der Waals surface area contributed by atoms with Gasteiger partial charge in [-0.05, 0) is 18.9 Å². The number of nitrogens with one attached hydrogen (secondary N) is 1. The molecule has 1 aliphatic rings. The van der Waals surface area contributed by atoms with Gasteiger partial charge in [-0.15, -0.1) is 0 Å². The van der Waals surface area contributed by atoms with Gasteiger partial charge in [-0.3, -0.25) is 4.79 Å². The van der Waals surface area contributed by atoms with Crippen LogP contribution in [-0.2, 0) is 11.3 Å². The Labute approximate surface area is 137 Å². The Kier molecular flexibility index (Phi) is 5.71. The maximum absolute atomic E-state index is 12.6. The third-order valence-electron chi connectivity index (χ3n) is 4.66. The second-order valence-corrected chi connectivity index (χ2v) is 5.89. The number of hydrogen-bond acceptors (Lipinski definition) is 5. The van der Waals surface area contributed by atoms with Crippen molar-refractivity contribution in [2.75, 3.05) is 27.9 Å². The summed E-state index contributed by atoms with van der Waals surface area (Å²) in [6.07, 6.45) is 3.84. The predicted molar refractivity (Wildman–Crippen MR) is 87.9 cm³/mol. The molecule has 3 N–H and O–H groups in total. The molecule has 23 heavy (non-hydrogen) atoms. The summed E-state index contributed by atoms with van der Waals surface area (Å²) < 4.78 is 16.0. The molecule has 1 amide bonds. The first kappa shape index (κ1) is 17.4. The normalized spacial score (nSPS) is 16.0. The average molecular weight is 322 g/mol. The molecule has 128 valence electrons. The highest BCUT2D eigenvalue weighted by Crippen LogP contribution is 2.38. The van der Waals surface area contributed by atoms with Crippen LogP contribution in [0.4, 0.5) is 0 Å². The van der Waals surface area contributed by atoms with Gasteiger partial charge in [0.2, 0.25) is 5.91 Å². The summed E-state index contributed by atoms with van der Waals surface area (Å²) in [4.78, 5) is 12.6. The second kappa shape index (κ2) is 7.55. The molecule has 0 aliphatic heterocycles. The average Bonchev–Trinajstić information content (AvgIpc) is 3.09. The number of rotatable bonds is 7. The van der Waals surface area contributed by atoms with Crippen molar-refractivity contribution in [1.29, 1.82) is 0 Å². The van der Waals surface area contributed by atoms with Gasteiger partial charge in [0, 0.05) is 24.7 Å². The fourth-order valence-corrected chi connectivity index (χ4v) is 3.17. The van der Waals surface area contributed by atoms with Crippen molar-refractivity contribution in [2.24, 2.45) is 11.1 Å². The van der Waals surface area contributed by atoms with Crippen LogP contribution in [0, 0.1) is 5.41 Å². The summed E-state index contributed by atoms with van der Waals surface area (Å²) in [5.41, 5.74) is 6.28.